The molecule has 174 valence electrons. The molecule has 0 saturated carbocycles. The molecule has 0 aromatic heterocycles. The smallest absolute Gasteiger partial charge is 0.210 e. The van der Waals surface area contributed by atoms with E-state index in [1.807, 2.05) is 0 Å². The summed E-state index contributed by atoms with van der Waals surface area (Å²) in [6.07, 6.45) is 13.9. The topological polar surface area (TPSA) is 25.3 Å². The molecular formula is C29H38N2Ni. The molecule has 3 rings (SSSR count). The second-order valence-corrected chi connectivity index (χ2v) is 8.77. The fourth-order valence-corrected chi connectivity index (χ4v) is 4.25. The van der Waals surface area contributed by atoms with Crippen LogP contribution in [0, 0.1) is 0 Å². The van der Waals surface area contributed by atoms with E-state index in [0.29, 0.717) is 0 Å². The van der Waals surface area contributed by atoms with Gasteiger partial charge in [0.2, 0.25) is 11.4 Å². The van der Waals surface area contributed by atoms with Crippen LogP contribution >= 0.6 is 0 Å². The number of benzene rings is 2. The van der Waals surface area contributed by atoms with E-state index in [1.54, 1.807) is 0 Å². The zero-order valence-corrected chi connectivity index (χ0v) is 21.0. The van der Waals surface area contributed by atoms with Crippen LogP contribution in [0.3, 0.4) is 0 Å². The molecule has 3 heteroatoms. The van der Waals surface area contributed by atoms with Crippen molar-refractivity contribution in [2.45, 2.75) is 85.0 Å². The molecule has 0 fully saturated rings. The summed E-state index contributed by atoms with van der Waals surface area (Å²) in [5, 5.41) is 0. The average Bonchev–Trinajstić information content (AvgIpc) is 3.13. The van der Waals surface area contributed by atoms with Crippen LogP contribution in [0.5, 0.6) is 0 Å². The predicted octanol–water partition coefficient (Wildman–Crippen LogP) is 8.75. The standard InChI is InChI=1S/C29H38N2.Ni/c1-4-7-10-12-24-16-20-26(21-17-24)29-27(13-9-6-3)22-28(31(29)30)25-18-14-23(15-19-25)11-8-5-2;/h14-22H,4-13H2,1-3H3;. The fraction of sp³-hybridized carbons (Fsp3) is 0.448. The van der Waals surface area contributed by atoms with Crippen molar-refractivity contribution < 1.29 is 21.2 Å². The minimum Gasteiger partial charge on any atom is -0.493 e. The zero-order valence-electron chi connectivity index (χ0n) is 20.0. The maximum absolute atomic E-state index is 11.2. The van der Waals surface area contributed by atoms with E-state index in [-0.39, 0.29) is 16.5 Å². The Balaban J connectivity index is 0.00000363. The first-order valence-corrected chi connectivity index (χ1v) is 12.3. The van der Waals surface area contributed by atoms with Gasteiger partial charge in [-0.25, -0.2) is 4.70 Å². The quantitative estimate of drug-likeness (QED) is 0.167. The van der Waals surface area contributed by atoms with Crippen LogP contribution in [0.15, 0.2) is 60.2 Å². The van der Waals surface area contributed by atoms with Crippen molar-refractivity contribution in [3.63, 3.8) is 0 Å². The van der Waals surface area contributed by atoms with Gasteiger partial charge in [-0.05, 0) is 73.9 Å². The third-order valence-electron chi connectivity index (χ3n) is 6.22. The molecule has 0 spiro atoms. The summed E-state index contributed by atoms with van der Waals surface area (Å²) in [5.74, 6) is 0. The van der Waals surface area contributed by atoms with Gasteiger partial charge in [0.25, 0.3) is 0 Å². The maximum Gasteiger partial charge on any atom is 0.210 e. The van der Waals surface area contributed by atoms with Crippen molar-refractivity contribution in [1.29, 1.82) is 0 Å². The molecule has 0 bridgehead atoms. The first-order valence-electron chi connectivity index (χ1n) is 12.3. The second-order valence-electron chi connectivity index (χ2n) is 8.77. The van der Waals surface area contributed by atoms with Crippen molar-refractivity contribution in [2.75, 3.05) is 0 Å². The SMILES string of the molecule is CCCCCc1ccc(C2=C(CCCC)C=C(c3ccc(CCCC)cc3)[N+]2=[N-])cc1.[Ni]. The summed E-state index contributed by atoms with van der Waals surface area (Å²) in [4.78, 5) is 0. The molecule has 0 unspecified atom stereocenters. The second kappa shape index (κ2) is 13.5. The molecule has 2 aromatic carbocycles. The number of hydrogen-bond acceptors (Lipinski definition) is 0. The van der Waals surface area contributed by atoms with Gasteiger partial charge in [-0.2, -0.15) is 0 Å². The fourth-order valence-electron chi connectivity index (χ4n) is 4.25. The van der Waals surface area contributed by atoms with Gasteiger partial charge in [-0.15, -0.1) is 0 Å². The summed E-state index contributed by atoms with van der Waals surface area (Å²) in [5.41, 5.74) is 19.2. The molecular weight excluding hydrogens is 435 g/mol. The van der Waals surface area contributed by atoms with Gasteiger partial charge in [-0.1, -0.05) is 70.7 Å². The van der Waals surface area contributed by atoms with E-state index in [4.69, 9.17) is 0 Å². The van der Waals surface area contributed by atoms with Crippen molar-refractivity contribution in [2.24, 2.45) is 0 Å². The molecule has 2 nitrogen and oxygen atoms in total. The monoisotopic (exact) mass is 472 g/mol. The molecule has 1 aliphatic heterocycles. The van der Waals surface area contributed by atoms with Crippen LogP contribution in [0.4, 0.5) is 0 Å². The van der Waals surface area contributed by atoms with E-state index < -0.39 is 0 Å². The normalized spacial score (nSPS) is 13.3. The maximum atomic E-state index is 11.2. The first-order chi connectivity index (χ1) is 15.2. The summed E-state index contributed by atoms with van der Waals surface area (Å²) in [7, 11) is 0. The van der Waals surface area contributed by atoms with Crippen LogP contribution in [0.2, 0.25) is 0 Å². The Kier molecular flexibility index (Phi) is 11.1. The molecule has 0 radical (unpaired) electrons. The Hall–Kier alpha value is -1.99. The predicted molar refractivity (Wildman–Crippen MR) is 133 cm³/mol. The molecule has 0 N–H and O–H groups in total. The van der Waals surface area contributed by atoms with Gasteiger partial charge >= 0.3 is 0 Å². The Bertz CT molecular complexity index is 921. The summed E-state index contributed by atoms with van der Waals surface area (Å²) >= 11 is 0. The summed E-state index contributed by atoms with van der Waals surface area (Å²) in [6.45, 7) is 6.69. The van der Waals surface area contributed by atoms with Gasteiger partial charge in [-0.3, -0.25) is 0 Å². The third kappa shape index (κ3) is 6.75. The molecule has 0 aliphatic carbocycles. The number of aryl methyl sites for hydroxylation is 2. The minimum atomic E-state index is 0. The van der Waals surface area contributed by atoms with Gasteiger partial charge in [0.15, 0.2) is 0 Å². The van der Waals surface area contributed by atoms with Crippen molar-refractivity contribution in [1.82, 2.24) is 0 Å². The van der Waals surface area contributed by atoms with Crippen LogP contribution in [0.25, 0.3) is 16.9 Å². The van der Waals surface area contributed by atoms with E-state index in [1.165, 1.54) is 53.5 Å². The van der Waals surface area contributed by atoms with E-state index in [9.17, 15) is 5.53 Å². The molecule has 1 heterocycles. The van der Waals surface area contributed by atoms with E-state index in [2.05, 4.69) is 75.4 Å². The van der Waals surface area contributed by atoms with Gasteiger partial charge < -0.3 is 5.53 Å². The largest absolute Gasteiger partial charge is 0.493 e. The van der Waals surface area contributed by atoms with Crippen LogP contribution in [-0.2, 0) is 29.3 Å². The minimum absolute atomic E-state index is 0. The number of allylic oxidation sites excluding steroid dienone is 2. The molecule has 2 aromatic rings. The van der Waals surface area contributed by atoms with Crippen LogP contribution < -0.4 is 0 Å². The van der Waals surface area contributed by atoms with Crippen molar-refractivity contribution in [3.05, 3.63) is 88.0 Å². The van der Waals surface area contributed by atoms with E-state index >= 15 is 0 Å². The summed E-state index contributed by atoms with van der Waals surface area (Å²) in [6, 6.07) is 17.5. The number of hydrogen-bond donors (Lipinski definition) is 0. The van der Waals surface area contributed by atoms with Gasteiger partial charge in [0, 0.05) is 39.3 Å². The number of nitrogens with zero attached hydrogens (tertiary/aromatic N) is 2. The molecule has 0 atom stereocenters. The first kappa shape index (κ1) is 26.3. The van der Waals surface area contributed by atoms with E-state index in [0.717, 1.165) is 54.6 Å². The molecule has 32 heavy (non-hydrogen) atoms. The molecule has 0 saturated heterocycles. The van der Waals surface area contributed by atoms with Crippen LogP contribution in [0.1, 0.15) is 94.4 Å². The van der Waals surface area contributed by atoms with Gasteiger partial charge in [0.1, 0.15) is 0 Å². The van der Waals surface area contributed by atoms with Crippen molar-refractivity contribution in [3.8, 4) is 0 Å². The Morgan fingerprint density at radius 3 is 1.69 bits per heavy atom. The molecule has 1 aliphatic rings. The number of unbranched alkanes of at least 4 members (excludes halogenated alkanes) is 4. The van der Waals surface area contributed by atoms with Crippen LogP contribution in [-0.4, -0.2) is 4.70 Å². The van der Waals surface area contributed by atoms with Crippen molar-refractivity contribution >= 4 is 11.4 Å². The Morgan fingerprint density at radius 1 is 0.625 bits per heavy atom. The Labute approximate surface area is 205 Å². The zero-order chi connectivity index (χ0) is 22.1. The Morgan fingerprint density at radius 2 is 1.12 bits per heavy atom. The average molecular weight is 473 g/mol. The van der Waals surface area contributed by atoms with Gasteiger partial charge in [0.05, 0.1) is 0 Å². The number of rotatable bonds is 12. The third-order valence-corrected chi connectivity index (χ3v) is 6.22. The molecule has 0 amide bonds. The summed E-state index contributed by atoms with van der Waals surface area (Å²) < 4.78 is 1.41.